The smallest absolute Gasteiger partial charge is 0.263 e. The molecule has 240 valence electrons. The van der Waals surface area contributed by atoms with Gasteiger partial charge in [-0.2, -0.15) is 0 Å². The van der Waals surface area contributed by atoms with Crippen molar-refractivity contribution in [3.8, 4) is 5.75 Å². The summed E-state index contributed by atoms with van der Waals surface area (Å²) in [5, 5.41) is 0.556. The summed E-state index contributed by atoms with van der Waals surface area (Å²) < 4.78 is 24.7. The average Bonchev–Trinajstić information content (AvgIpc) is 3.35. The fraction of sp³-hybridized carbons (Fsp3) is 0.500. The number of halogens is 1. The van der Waals surface area contributed by atoms with Crippen LogP contribution in [0.1, 0.15) is 85.6 Å². The van der Waals surface area contributed by atoms with Crippen LogP contribution in [-0.4, -0.2) is 44.6 Å². The summed E-state index contributed by atoms with van der Waals surface area (Å²) in [6, 6.07) is 11.9. The number of aromatic nitrogens is 2. The molecule has 0 spiro atoms. The van der Waals surface area contributed by atoms with Gasteiger partial charge in [-0.1, -0.05) is 50.1 Å². The molecule has 7 unspecified atom stereocenters. The summed E-state index contributed by atoms with van der Waals surface area (Å²) in [7, 11) is 0.558. The topological polar surface area (TPSA) is 76.5 Å². The molecule has 1 amide bonds. The fourth-order valence-electron chi connectivity index (χ4n) is 7.24. The zero-order valence-electron chi connectivity index (χ0n) is 26.7. The fourth-order valence-corrected chi connectivity index (χ4v) is 8.45. The van der Waals surface area contributed by atoms with Gasteiger partial charge in [-0.3, -0.25) is 9.52 Å². The molecule has 3 aromatic rings. The molecule has 45 heavy (non-hydrogen) atoms. The first-order valence-corrected chi connectivity index (χ1v) is 18.0. The largest absolute Gasteiger partial charge is 0.491 e. The van der Waals surface area contributed by atoms with Crippen LogP contribution < -0.4 is 14.4 Å². The highest BCUT2D eigenvalue weighted by atomic mass is 35.5. The molecule has 2 aromatic carbocycles. The van der Waals surface area contributed by atoms with Crippen molar-refractivity contribution in [2.45, 2.75) is 70.0 Å². The number of ether oxygens (including phenoxy) is 1. The van der Waals surface area contributed by atoms with E-state index in [1.165, 1.54) is 11.1 Å². The zero-order chi connectivity index (χ0) is 31.7. The molecule has 3 heterocycles. The summed E-state index contributed by atoms with van der Waals surface area (Å²) in [6.07, 6.45) is 13.6. The van der Waals surface area contributed by atoms with Gasteiger partial charge in [-0.25, -0.2) is 9.19 Å². The Kier molecular flexibility index (Phi) is 9.71. The van der Waals surface area contributed by atoms with E-state index in [1.54, 1.807) is 6.07 Å². The number of hydrogen-bond donors (Lipinski definition) is 1. The summed E-state index contributed by atoms with van der Waals surface area (Å²) in [5.74, 6) is 2.91. The molecule has 1 aromatic heterocycles. The normalized spacial score (nSPS) is 29.5. The van der Waals surface area contributed by atoms with Crippen LogP contribution in [0.15, 0.2) is 60.9 Å². The van der Waals surface area contributed by atoms with Crippen LogP contribution in [-0.2, 0) is 24.5 Å². The predicted octanol–water partition coefficient (Wildman–Crippen LogP) is 7.20. The van der Waals surface area contributed by atoms with E-state index >= 15 is 0 Å². The van der Waals surface area contributed by atoms with E-state index in [2.05, 4.69) is 59.4 Å². The van der Waals surface area contributed by atoms with Gasteiger partial charge >= 0.3 is 0 Å². The van der Waals surface area contributed by atoms with Gasteiger partial charge in [-0.05, 0) is 91.8 Å². The van der Waals surface area contributed by atoms with E-state index in [-0.39, 0.29) is 28.9 Å². The van der Waals surface area contributed by atoms with Crippen molar-refractivity contribution in [1.29, 1.82) is 0 Å². The number of carbonyl (C=O) groups excluding carboxylic acids is 1. The van der Waals surface area contributed by atoms with Crippen molar-refractivity contribution in [2.75, 3.05) is 24.6 Å². The van der Waals surface area contributed by atoms with Crippen LogP contribution in [0.25, 0.3) is 0 Å². The van der Waals surface area contributed by atoms with Crippen molar-refractivity contribution in [2.24, 2.45) is 24.8 Å². The minimum Gasteiger partial charge on any atom is -0.491 e. The molecular formula is C36H45ClN4O3S. The van der Waals surface area contributed by atoms with Crippen molar-refractivity contribution >= 4 is 34.2 Å². The molecule has 6 rings (SSSR count). The van der Waals surface area contributed by atoms with Gasteiger partial charge in [0.05, 0.1) is 17.5 Å². The third-order valence-electron chi connectivity index (χ3n) is 10.2. The Bertz CT molecular complexity index is 1590. The van der Waals surface area contributed by atoms with Crippen LogP contribution in [0.3, 0.4) is 0 Å². The summed E-state index contributed by atoms with van der Waals surface area (Å²) >= 11 is 6.45. The Morgan fingerprint density at radius 2 is 1.98 bits per heavy atom. The van der Waals surface area contributed by atoms with Gasteiger partial charge in [0.1, 0.15) is 22.6 Å². The van der Waals surface area contributed by atoms with Crippen molar-refractivity contribution < 1.29 is 13.7 Å². The first kappa shape index (κ1) is 31.9. The summed E-state index contributed by atoms with van der Waals surface area (Å²) in [6.45, 7) is 8.41. The highest BCUT2D eigenvalue weighted by Gasteiger charge is 2.40. The van der Waals surface area contributed by atoms with Crippen molar-refractivity contribution in [3.63, 3.8) is 0 Å². The molecule has 1 aliphatic carbocycles. The molecular weight excluding hydrogens is 604 g/mol. The lowest BCUT2D eigenvalue weighted by atomic mass is 9.66. The van der Waals surface area contributed by atoms with Crippen LogP contribution in [0.5, 0.6) is 5.75 Å². The number of carbonyl (C=O) groups is 1. The minimum absolute atomic E-state index is 0.132. The lowest BCUT2D eigenvalue weighted by molar-refractivity contribution is 0.0982. The van der Waals surface area contributed by atoms with Crippen molar-refractivity contribution in [3.05, 3.63) is 88.5 Å². The number of amides is 1. The molecule has 1 N–H and O–H groups in total. The molecule has 0 saturated heterocycles. The predicted molar refractivity (Wildman–Crippen MR) is 182 cm³/mol. The van der Waals surface area contributed by atoms with E-state index in [0.29, 0.717) is 24.0 Å². The Morgan fingerprint density at radius 3 is 2.71 bits per heavy atom. The number of hydrogen-bond acceptors (Lipinski definition) is 5. The molecule has 3 aliphatic rings. The number of benzene rings is 2. The second-order valence-electron chi connectivity index (χ2n) is 13.2. The summed E-state index contributed by atoms with van der Waals surface area (Å²) in [4.78, 5) is 20.7. The molecule has 1 saturated carbocycles. The number of rotatable bonds is 4. The van der Waals surface area contributed by atoms with Crippen LogP contribution >= 0.6 is 11.6 Å². The minimum atomic E-state index is -1.52. The van der Waals surface area contributed by atoms with Crippen LogP contribution in [0, 0.1) is 17.8 Å². The maximum atomic E-state index is 13.4. The monoisotopic (exact) mass is 648 g/mol. The molecule has 0 radical (unpaired) electrons. The molecule has 7 atom stereocenters. The zero-order valence-corrected chi connectivity index (χ0v) is 28.3. The summed E-state index contributed by atoms with van der Waals surface area (Å²) in [5.41, 5.74) is 3.96. The van der Waals surface area contributed by atoms with E-state index in [1.807, 2.05) is 37.5 Å². The lowest BCUT2D eigenvalue weighted by Gasteiger charge is -2.44. The third-order valence-corrected chi connectivity index (χ3v) is 12.0. The number of anilines is 1. The number of imidazole rings is 1. The Morgan fingerprint density at radius 1 is 1.13 bits per heavy atom. The van der Waals surface area contributed by atoms with Crippen LogP contribution in [0.2, 0.25) is 5.02 Å². The van der Waals surface area contributed by atoms with Crippen molar-refractivity contribution in [1.82, 2.24) is 14.3 Å². The number of nitrogens with one attached hydrogen (secondary N) is 1. The lowest BCUT2D eigenvalue weighted by Crippen LogP contribution is -2.42. The maximum Gasteiger partial charge on any atom is 0.263 e. The number of aryl methyl sites for hydroxylation is 2. The quantitative estimate of drug-likeness (QED) is 0.303. The Hall–Kier alpha value is -3.10. The molecule has 2 bridgehead atoms. The first-order chi connectivity index (χ1) is 21.7. The Labute approximate surface area is 275 Å². The first-order valence-electron chi connectivity index (χ1n) is 16.4. The van der Waals surface area contributed by atoms with E-state index < -0.39 is 11.0 Å². The van der Waals surface area contributed by atoms with Crippen LogP contribution in [0.4, 0.5) is 5.69 Å². The van der Waals surface area contributed by atoms with Gasteiger partial charge in [0, 0.05) is 55.0 Å². The number of nitrogens with zero attached hydrogens (tertiary/aromatic N) is 3. The second-order valence-corrected chi connectivity index (χ2v) is 15.2. The number of fused-ring (bicyclic) bond motifs is 2. The highest BCUT2D eigenvalue weighted by Crippen LogP contribution is 2.47. The van der Waals surface area contributed by atoms with Gasteiger partial charge in [0.2, 0.25) is 0 Å². The standard InChI is InChI=1S/C36H45ClN4O3S/c1-5-7-25-18-29(37)12-14-30(25)28-21-41-20-27-10-13-31(27)32(35-38-16-17-40(35)4)9-6-8-23(2)24(3)45(43)39-36(42)26-11-15-34(44-22-28)33(41)19-26/h6,9,11-12,14-19,23-24,27-28,31-32H,5,7-8,10,13,20-22H2,1-4H3,(H,39,42)/b9-6+. The molecule has 1 fully saturated rings. The third kappa shape index (κ3) is 6.73. The van der Waals surface area contributed by atoms with E-state index in [9.17, 15) is 9.00 Å². The highest BCUT2D eigenvalue weighted by molar-refractivity contribution is 7.84. The number of allylic oxidation sites excluding steroid dienone is 2. The van der Waals surface area contributed by atoms with E-state index in [4.69, 9.17) is 21.3 Å². The molecule has 2 aliphatic heterocycles. The maximum absolute atomic E-state index is 13.4. The second kappa shape index (κ2) is 13.7. The van der Waals surface area contributed by atoms with Gasteiger partial charge in [-0.15, -0.1) is 0 Å². The Balaban J connectivity index is 1.41. The SMILES string of the molecule is CCCc1cc(Cl)ccc1C1COc2ccc3cc2N(C1)CC1CCC1C(c1nccn1C)/C=C/CC(C)C(C)S(=O)NC3=O. The van der Waals surface area contributed by atoms with Gasteiger partial charge in [0.25, 0.3) is 5.91 Å². The van der Waals surface area contributed by atoms with E-state index in [0.717, 1.165) is 67.5 Å². The average molecular weight is 649 g/mol. The molecule has 7 nitrogen and oxygen atoms in total. The van der Waals surface area contributed by atoms with Gasteiger partial charge < -0.3 is 14.2 Å². The molecule has 9 heteroatoms. The van der Waals surface area contributed by atoms with Gasteiger partial charge in [0.15, 0.2) is 0 Å².